The van der Waals surface area contributed by atoms with Gasteiger partial charge in [-0.15, -0.1) is 0 Å². The summed E-state index contributed by atoms with van der Waals surface area (Å²) < 4.78 is 25.7. The first-order chi connectivity index (χ1) is 10.8. The first kappa shape index (κ1) is 27.5. The third-order valence-electron chi connectivity index (χ3n) is 2.51. The average Bonchev–Trinajstić information content (AvgIpc) is 2.50. The third kappa shape index (κ3) is 11.2. The van der Waals surface area contributed by atoms with Gasteiger partial charge in [-0.05, 0) is 25.3 Å². The van der Waals surface area contributed by atoms with E-state index < -0.39 is 16.0 Å². The molecule has 6 nitrogen and oxygen atoms in total. The molecule has 0 fully saturated rings. The van der Waals surface area contributed by atoms with Gasteiger partial charge in [0.2, 0.25) is 10.0 Å². The molecule has 0 aromatic heterocycles. The van der Waals surface area contributed by atoms with Gasteiger partial charge in [0.25, 0.3) is 5.97 Å². The fourth-order valence-corrected chi connectivity index (χ4v) is 2.97. The molecule has 1 aromatic rings. The summed E-state index contributed by atoms with van der Waals surface area (Å²) in [4.78, 5) is 19.6. The number of carbonyl (C=O) groups is 2. The van der Waals surface area contributed by atoms with Gasteiger partial charge in [0.1, 0.15) is 6.29 Å². The number of carboxylic acids is 1. The van der Waals surface area contributed by atoms with Crippen molar-refractivity contribution in [2.24, 2.45) is 0 Å². The molecule has 0 saturated heterocycles. The highest BCUT2D eigenvalue weighted by Crippen LogP contribution is 2.16. The Morgan fingerprint density at radius 1 is 1.25 bits per heavy atom. The summed E-state index contributed by atoms with van der Waals surface area (Å²) in [6, 6.07) is 6.71. The molecule has 0 atom stereocenters. The smallest absolute Gasteiger partial charge is 0.300 e. The van der Waals surface area contributed by atoms with Crippen molar-refractivity contribution in [1.82, 2.24) is 4.31 Å². The molecule has 0 aliphatic heterocycles. The van der Waals surface area contributed by atoms with E-state index in [1.165, 1.54) is 4.31 Å². The van der Waals surface area contributed by atoms with Gasteiger partial charge >= 0.3 is 0 Å². The van der Waals surface area contributed by atoms with E-state index in [4.69, 9.17) is 9.90 Å². The number of thiol groups is 1. The maximum Gasteiger partial charge on any atom is 0.300 e. The van der Waals surface area contributed by atoms with Crippen LogP contribution in [0.3, 0.4) is 0 Å². The molecule has 8 heteroatoms. The Morgan fingerprint density at radius 2 is 1.67 bits per heavy atom. The number of rotatable bonds is 6. The Labute approximate surface area is 151 Å². The Balaban J connectivity index is -0.000000551. The predicted molar refractivity (Wildman–Crippen MR) is 101 cm³/mol. The first-order valence-electron chi connectivity index (χ1n) is 6.90. The maximum absolute atomic E-state index is 12.2. The van der Waals surface area contributed by atoms with Gasteiger partial charge in [-0.2, -0.15) is 16.9 Å². The molecule has 0 aliphatic rings. The molecule has 1 rings (SSSR count). The Hall–Kier alpha value is -1.38. The molecule has 24 heavy (non-hydrogen) atoms. The summed E-state index contributed by atoms with van der Waals surface area (Å²) in [5.74, 6) is -0.833. The van der Waals surface area contributed by atoms with Crippen LogP contribution in [0.1, 0.15) is 33.3 Å². The van der Waals surface area contributed by atoms with Gasteiger partial charge in [-0.25, -0.2) is 8.42 Å². The molecule has 0 heterocycles. The highest BCUT2D eigenvalue weighted by Gasteiger charge is 2.22. The SMILES string of the molecule is C.CC(=O)O.CCN(CCC=O)S(=O)(=O)c1ccc(C)cc1.CS. The van der Waals surface area contributed by atoms with Crippen LogP contribution in [0.15, 0.2) is 29.2 Å². The van der Waals surface area contributed by atoms with Crippen molar-refractivity contribution in [1.29, 1.82) is 0 Å². The monoisotopic (exact) mass is 379 g/mol. The van der Waals surface area contributed by atoms with E-state index in [0.717, 1.165) is 18.8 Å². The molecule has 140 valence electrons. The molecule has 1 aromatic carbocycles. The van der Waals surface area contributed by atoms with E-state index in [-0.39, 0.29) is 25.3 Å². The van der Waals surface area contributed by atoms with Crippen molar-refractivity contribution >= 4 is 34.9 Å². The molecule has 0 spiro atoms. The molecule has 0 bridgehead atoms. The number of aliphatic carboxylic acids is 1. The Morgan fingerprint density at radius 3 is 2.00 bits per heavy atom. The van der Waals surface area contributed by atoms with Crippen LogP contribution < -0.4 is 0 Å². The van der Waals surface area contributed by atoms with E-state index in [0.29, 0.717) is 6.54 Å². The van der Waals surface area contributed by atoms with Crippen molar-refractivity contribution in [3.05, 3.63) is 29.8 Å². The van der Waals surface area contributed by atoms with Crippen LogP contribution in [0.5, 0.6) is 0 Å². The van der Waals surface area contributed by atoms with Crippen LogP contribution in [0.4, 0.5) is 0 Å². The minimum Gasteiger partial charge on any atom is -0.481 e. The van der Waals surface area contributed by atoms with E-state index in [2.05, 4.69) is 12.6 Å². The summed E-state index contributed by atoms with van der Waals surface area (Å²) in [7, 11) is -3.47. The van der Waals surface area contributed by atoms with Crippen molar-refractivity contribution in [2.45, 2.75) is 39.5 Å². The van der Waals surface area contributed by atoms with Gasteiger partial charge in [-0.1, -0.05) is 32.0 Å². The van der Waals surface area contributed by atoms with E-state index in [1.807, 2.05) is 6.92 Å². The molecule has 0 radical (unpaired) electrons. The lowest BCUT2D eigenvalue weighted by Crippen LogP contribution is -2.32. The van der Waals surface area contributed by atoms with Gasteiger partial charge in [-0.3, -0.25) is 4.79 Å². The standard InChI is InChI=1S/C12H17NO3S.C2H4O2.CH4S.CH4/c1-3-13(9-4-10-14)17(15,16)12-7-5-11(2)6-8-12;1-2(3)4;1-2;/h5-8,10H,3-4,9H2,1-2H3;1H3,(H,3,4);2H,1H3;1H4. The van der Waals surface area contributed by atoms with Crippen molar-refractivity contribution in [3.8, 4) is 0 Å². The van der Waals surface area contributed by atoms with Crippen LogP contribution in [0, 0.1) is 6.92 Å². The number of hydrogen-bond donors (Lipinski definition) is 2. The number of aryl methyl sites for hydroxylation is 1. The number of carboxylic acid groups (broad SMARTS) is 1. The number of hydrogen-bond acceptors (Lipinski definition) is 5. The summed E-state index contributed by atoms with van der Waals surface area (Å²) in [6.45, 7) is 5.34. The lowest BCUT2D eigenvalue weighted by molar-refractivity contribution is -0.134. The second-order valence-corrected chi connectivity index (χ2v) is 6.22. The Kier molecular flexibility index (Phi) is 17.4. The molecule has 0 aliphatic carbocycles. The zero-order valence-corrected chi connectivity index (χ0v) is 15.6. The van der Waals surface area contributed by atoms with Crippen LogP contribution in [0.25, 0.3) is 0 Å². The van der Waals surface area contributed by atoms with Crippen molar-refractivity contribution < 1.29 is 23.1 Å². The van der Waals surface area contributed by atoms with Gasteiger partial charge < -0.3 is 9.90 Å². The van der Waals surface area contributed by atoms with Crippen molar-refractivity contribution in [3.63, 3.8) is 0 Å². The summed E-state index contributed by atoms with van der Waals surface area (Å²) in [5.41, 5.74) is 1.01. The van der Waals surface area contributed by atoms with Crippen LogP contribution in [0.2, 0.25) is 0 Å². The van der Waals surface area contributed by atoms with Gasteiger partial charge in [0.05, 0.1) is 4.90 Å². The first-order valence-corrected chi connectivity index (χ1v) is 9.23. The number of benzene rings is 1. The van der Waals surface area contributed by atoms with Crippen LogP contribution >= 0.6 is 12.6 Å². The van der Waals surface area contributed by atoms with Crippen LogP contribution in [-0.4, -0.2) is 49.4 Å². The molecule has 1 N–H and O–H groups in total. The zero-order chi connectivity index (χ0) is 18.5. The highest BCUT2D eigenvalue weighted by atomic mass is 32.2. The minimum atomic E-state index is -3.47. The fourth-order valence-electron chi connectivity index (χ4n) is 1.50. The minimum absolute atomic E-state index is 0. The zero-order valence-electron chi connectivity index (χ0n) is 13.9. The molecular weight excluding hydrogens is 350 g/mol. The topological polar surface area (TPSA) is 91.8 Å². The summed E-state index contributed by atoms with van der Waals surface area (Å²) in [5, 5.41) is 7.42. The normalized spacial score (nSPS) is 9.58. The molecule has 0 unspecified atom stereocenters. The second-order valence-electron chi connectivity index (χ2n) is 4.28. The van der Waals surface area contributed by atoms with Crippen LogP contribution in [-0.2, 0) is 19.6 Å². The number of aldehydes is 1. The predicted octanol–water partition coefficient (Wildman–Crippen LogP) is 2.87. The molecule has 0 amide bonds. The quantitative estimate of drug-likeness (QED) is 0.586. The second kappa shape index (κ2) is 15.2. The van der Waals surface area contributed by atoms with E-state index in [1.54, 1.807) is 37.4 Å². The number of carbonyl (C=O) groups excluding carboxylic acids is 1. The Bertz CT molecular complexity index is 552. The van der Waals surface area contributed by atoms with Gasteiger partial charge in [0, 0.05) is 26.4 Å². The lowest BCUT2D eigenvalue weighted by atomic mass is 10.2. The van der Waals surface area contributed by atoms with Gasteiger partial charge in [0.15, 0.2) is 0 Å². The van der Waals surface area contributed by atoms with Crippen molar-refractivity contribution in [2.75, 3.05) is 19.3 Å². The summed E-state index contributed by atoms with van der Waals surface area (Å²) in [6.07, 6.45) is 2.65. The number of sulfonamides is 1. The molecular formula is C16H29NO5S2. The average molecular weight is 380 g/mol. The third-order valence-corrected chi connectivity index (χ3v) is 4.50. The largest absolute Gasteiger partial charge is 0.481 e. The maximum atomic E-state index is 12.2. The lowest BCUT2D eigenvalue weighted by Gasteiger charge is -2.19. The summed E-state index contributed by atoms with van der Waals surface area (Å²) >= 11 is 3.53. The van der Waals surface area contributed by atoms with E-state index in [9.17, 15) is 13.2 Å². The van der Waals surface area contributed by atoms with E-state index >= 15 is 0 Å². The fraction of sp³-hybridized carbons (Fsp3) is 0.500. The number of nitrogens with zero attached hydrogens (tertiary/aromatic N) is 1. The highest BCUT2D eigenvalue weighted by molar-refractivity contribution is 7.89. The molecule has 0 saturated carbocycles.